The molecule has 0 bridgehead atoms. The molecule has 1 aromatic rings. The number of benzene rings is 1. The van der Waals surface area contributed by atoms with Crippen LogP contribution in [-0.2, 0) is 9.59 Å². The van der Waals surface area contributed by atoms with E-state index in [1.54, 1.807) is 12.1 Å². The molecule has 1 fully saturated rings. The maximum absolute atomic E-state index is 12.9. The van der Waals surface area contributed by atoms with E-state index in [4.69, 9.17) is 11.6 Å². The van der Waals surface area contributed by atoms with Crippen molar-refractivity contribution in [2.45, 2.75) is 58.2 Å². The van der Waals surface area contributed by atoms with Gasteiger partial charge in [-0.05, 0) is 52.2 Å². The molecule has 25 heavy (non-hydrogen) atoms. The summed E-state index contributed by atoms with van der Waals surface area (Å²) < 4.78 is 0. The van der Waals surface area contributed by atoms with Gasteiger partial charge in [-0.25, -0.2) is 0 Å². The van der Waals surface area contributed by atoms with Gasteiger partial charge in [-0.2, -0.15) is 0 Å². The average Bonchev–Trinajstić information content (AvgIpc) is 2.55. The van der Waals surface area contributed by atoms with Crippen molar-refractivity contribution in [1.82, 2.24) is 4.90 Å². The largest absolute Gasteiger partial charge is 0.332 e. The number of likely N-dealkylation sites (N-methyl/N-ethyl adjacent to an activating group) is 1. The smallest absolute Gasteiger partial charge is 0.281 e. The van der Waals surface area contributed by atoms with Crippen LogP contribution in [0.15, 0.2) is 24.3 Å². The third-order valence-corrected chi connectivity index (χ3v) is 5.47. The van der Waals surface area contributed by atoms with Crippen LogP contribution in [0.5, 0.6) is 0 Å². The molecular formula is C19H29ClN3O2+. The quantitative estimate of drug-likeness (QED) is 0.837. The molecule has 1 aliphatic heterocycles. The minimum Gasteiger partial charge on any atom is -0.332 e. The Kier molecular flexibility index (Phi) is 6.85. The Morgan fingerprint density at radius 1 is 1.28 bits per heavy atom. The van der Waals surface area contributed by atoms with Gasteiger partial charge in [0.15, 0.2) is 12.6 Å². The number of amides is 2. The Labute approximate surface area is 155 Å². The van der Waals surface area contributed by atoms with Gasteiger partial charge >= 0.3 is 0 Å². The maximum atomic E-state index is 12.9. The van der Waals surface area contributed by atoms with Crippen molar-refractivity contribution in [3.05, 3.63) is 29.3 Å². The number of nitrogens with zero attached hydrogens (tertiary/aromatic N) is 1. The molecule has 2 rings (SSSR count). The lowest BCUT2D eigenvalue weighted by atomic mass is 9.96. The molecule has 2 N–H and O–H groups in total. The number of carbonyl (C=O) groups excluding carboxylic acids is 2. The van der Waals surface area contributed by atoms with Gasteiger partial charge in [0.1, 0.15) is 0 Å². The second-order valence-corrected chi connectivity index (χ2v) is 7.55. The summed E-state index contributed by atoms with van der Waals surface area (Å²) in [4.78, 5) is 28.1. The summed E-state index contributed by atoms with van der Waals surface area (Å²) in [6.45, 7) is 6.34. The number of halogens is 1. The minimum atomic E-state index is -0.264. The summed E-state index contributed by atoms with van der Waals surface area (Å²) in [5, 5.41) is 3.32. The Morgan fingerprint density at radius 2 is 1.88 bits per heavy atom. The van der Waals surface area contributed by atoms with E-state index in [1.165, 1.54) is 6.42 Å². The van der Waals surface area contributed by atoms with Crippen LogP contribution in [-0.4, -0.2) is 48.4 Å². The van der Waals surface area contributed by atoms with Crippen LogP contribution in [0.2, 0.25) is 5.02 Å². The number of hydrogen-bond donors (Lipinski definition) is 2. The molecule has 1 saturated heterocycles. The SMILES string of the molecule is C[C@H](C(=O)N1[C@@H](C)CCC[C@@H]1C)[NH+](C)CC(=O)Nc1ccccc1Cl. The molecule has 0 aliphatic carbocycles. The molecular weight excluding hydrogens is 338 g/mol. The average molecular weight is 367 g/mol. The molecule has 0 radical (unpaired) electrons. The minimum absolute atomic E-state index is 0.128. The molecule has 2 amide bonds. The lowest BCUT2D eigenvalue weighted by Gasteiger charge is -2.40. The van der Waals surface area contributed by atoms with Crippen LogP contribution in [0.3, 0.4) is 0 Å². The third kappa shape index (κ3) is 4.95. The zero-order valence-corrected chi connectivity index (χ0v) is 16.3. The predicted octanol–water partition coefficient (Wildman–Crippen LogP) is 1.97. The number of anilines is 1. The molecule has 1 aliphatic rings. The van der Waals surface area contributed by atoms with Crippen molar-refractivity contribution in [3.63, 3.8) is 0 Å². The summed E-state index contributed by atoms with van der Waals surface area (Å²) in [6.07, 6.45) is 3.27. The number of piperidine rings is 1. The van der Waals surface area contributed by atoms with E-state index in [2.05, 4.69) is 19.2 Å². The number of likely N-dealkylation sites (tertiary alicyclic amines) is 1. The summed E-state index contributed by atoms with van der Waals surface area (Å²) in [5.74, 6) is -0.0206. The summed E-state index contributed by atoms with van der Waals surface area (Å²) in [5.41, 5.74) is 0.597. The lowest BCUT2D eigenvalue weighted by molar-refractivity contribution is -0.886. The number of hydrogen-bond acceptors (Lipinski definition) is 2. The van der Waals surface area contributed by atoms with Gasteiger partial charge in [0.2, 0.25) is 0 Å². The monoisotopic (exact) mass is 366 g/mol. The molecule has 0 spiro atoms. The zero-order valence-electron chi connectivity index (χ0n) is 15.5. The Bertz CT molecular complexity index is 612. The van der Waals surface area contributed by atoms with Crippen molar-refractivity contribution >= 4 is 29.1 Å². The number of para-hydroxylation sites is 1. The number of nitrogens with one attached hydrogen (secondary N) is 2. The Morgan fingerprint density at radius 3 is 2.48 bits per heavy atom. The topological polar surface area (TPSA) is 53.9 Å². The van der Waals surface area contributed by atoms with E-state index in [9.17, 15) is 9.59 Å². The van der Waals surface area contributed by atoms with E-state index in [0.717, 1.165) is 17.7 Å². The van der Waals surface area contributed by atoms with Crippen LogP contribution < -0.4 is 10.2 Å². The molecule has 5 nitrogen and oxygen atoms in total. The van der Waals surface area contributed by atoms with E-state index in [1.807, 2.05) is 31.0 Å². The van der Waals surface area contributed by atoms with Crippen molar-refractivity contribution in [2.75, 3.05) is 18.9 Å². The van der Waals surface area contributed by atoms with Crippen molar-refractivity contribution in [1.29, 1.82) is 0 Å². The van der Waals surface area contributed by atoms with Gasteiger partial charge in [0, 0.05) is 12.1 Å². The van der Waals surface area contributed by atoms with E-state index in [0.29, 0.717) is 10.7 Å². The maximum Gasteiger partial charge on any atom is 0.281 e. The van der Waals surface area contributed by atoms with Crippen molar-refractivity contribution < 1.29 is 14.5 Å². The highest BCUT2D eigenvalue weighted by molar-refractivity contribution is 6.33. The fraction of sp³-hybridized carbons (Fsp3) is 0.579. The van der Waals surface area contributed by atoms with Crippen LogP contribution in [0.4, 0.5) is 5.69 Å². The summed E-state index contributed by atoms with van der Waals surface area (Å²) >= 11 is 6.07. The predicted molar refractivity (Wildman–Crippen MR) is 101 cm³/mol. The Hall–Kier alpha value is -1.59. The first-order valence-corrected chi connectivity index (χ1v) is 9.38. The molecule has 4 atom stereocenters. The molecule has 0 aromatic heterocycles. The molecule has 1 unspecified atom stereocenters. The lowest BCUT2D eigenvalue weighted by Crippen LogP contribution is -3.15. The molecule has 1 heterocycles. The van der Waals surface area contributed by atoms with E-state index < -0.39 is 0 Å². The van der Waals surface area contributed by atoms with Gasteiger partial charge < -0.3 is 15.1 Å². The van der Waals surface area contributed by atoms with Crippen LogP contribution in [0.25, 0.3) is 0 Å². The highest BCUT2D eigenvalue weighted by Crippen LogP contribution is 2.23. The van der Waals surface area contributed by atoms with Crippen molar-refractivity contribution in [2.24, 2.45) is 0 Å². The van der Waals surface area contributed by atoms with Crippen LogP contribution in [0.1, 0.15) is 40.0 Å². The highest BCUT2D eigenvalue weighted by atomic mass is 35.5. The van der Waals surface area contributed by atoms with E-state index in [-0.39, 0.29) is 36.5 Å². The van der Waals surface area contributed by atoms with Gasteiger partial charge in [-0.3, -0.25) is 9.59 Å². The fourth-order valence-corrected chi connectivity index (χ4v) is 3.64. The number of rotatable bonds is 5. The first kappa shape index (κ1) is 19.7. The number of carbonyl (C=O) groups is 2. The number of quaternary nitrogens is 1. The normalized spacial score (nSPS) is 23.0. The van der Waals surface area contributed by atoms with Gasteiger partial charge in [-0.15, -0.1) is 0 Å². The standard InChI is InChI=1S/C19H28ClN3O2/c1-13-8-7-9-14(2)23(13)19(25)15(3)22(4)12-18(24)21-17-11-6-5-10-16(17)20/h5-6,10-11,13-15H,7-9,12H2,1-4H3,(H,21,24)/p+1/t13-,14-,15+/m0/s1. The van der Waals surface area contributed by atoms with Gasteiger partial charge in [0.25, 0.3) is 11.8 Å². The first-order chi connectivity index (χ1) is 11.8. The van der Waals surface area contributed by atoms with Crippen molar-refractivity contribution in [3.8, 4) is 0 Å². The highest BCUT2D eigenvalue weighted by Gasteiger charge is 2.35. The molecule has 6 heteroatoms. The second-order valence-electron chi connectivity index (χ2n) is 7.15. The Balaban J connectivity index is 1.95. The molecule has 1 aromatic carbocycles. The molecule has 0 saturated carbocycles. The molecule has 138 valence electrons. The van der Waals surface area contributed by atoms with Gasteiger partial charge in [0.05, 0.1) is 17.8 Å². The zero-order chi connectivity index (χ0) is 18.6. The van der Waals surface area contributed by atoms with Crippen LogP contribution >= 0.6 is 11.6 Å². The van der Waals surface area contributed by atoms with Gasteiger partial charge in [-0.1, -0.05) is 23.7 Å². The van der Waals surface area contributed by atoms with Crippen LogP contribution in [0, 0.1) is 0 Å². The second kappa shape index (κ2) is 8.68. The first-order valence-electron chi connectivity index (χ1n) is 9.00. The summed E-state index contributed by atoms with van der Waals surface area (Å²) in [6, 6.07) is 7.41. The van der Waals surface area contributed by atoms with E-state index >= 15 is 0 Å². The third-order valence-electron chi connectivity index (χ3n) is 5.14. The summed E-state index contributed by atoms with van der Waals surface area (Å²) in [7, 11) is 1.88. The fourth-order valence-electron chi connectivity index (χ4n) is 3.45.